The van der Waals surface area contributed by atoms with Gasteiger partial charge in [-0.15, -0.1) is 5.46 Å². The normalized spacial score (nSPS) is 17.8. The molecule has 2 rings (SSSR count). The van der Waals surface area contributed by atoms with Crippen LogP contribution >= 0.6 is 0 Å². The Morgan fingerprint density at radius 2 is 2.04 bits per heavy atom. The molecular weight excluding hydrogens is 349 g/mol. The summed E-state index contributed by atoms with van der Waals surface area (Å²) in [7, 11) is 0. The maximum atomic E-state index is 12.8. The number of amides is 1. The van der Waals surface area contributed by atoms with Gasteiger partial charge in [0.05, 0.1) is 12.5 Å². The Labute approximate surface area is 181 Å². The minimum Gasteiger partial charge on any atom is -0.466 e. The fourth-order valence-corrected chi connectivity index (χ4v) is 2.67. The topological polar surface area (TPSA) is 46.6 Å². The number of nitrogens with zero attached hydrogens (tertiary/aromatic N) is 1. The minimum absolute atomic E-state index is 0. The first-order valence-electron chi connectivity index (χ1n) is 7.58. The van der Waals surface area contributed by atoms with Crippen molar-refractivity contribution in [2.24, 2.45) is 5.92 Å². The summed E-state index contributed by atoms with van der Waals surface area (Å²) in [4.78, 5) is 25.6. The molecule has 4 nitrogen and oxygen atoms in total. The zero-order valence-electron chi connectivity index (χ0n) is 13.8. The number of benzene rings is 1. The van der Waals surface area contributed by atoms with Gasteiger partial charge >= 0.3 is 64.3 Å². The predicted molar refractivity (Wildman–Crippen MR) is 80.4 cm³/mol. The molecule has 0 saturated carbocycles. The van der Waals surface area contributed by atoms with E-state index in [1.165, 1.54) is 17.0 Å². The number of esters is 1. The summed E-state index contributed by atoms with van der Waals surface area (Å²) in [5.74, 6) is -1.26. The zero-order chi connectivity index (χ0) is 17.0. The maximum Gasteiger partial charge on any atom is 1.00 e. The quantitative estimate of drug-likeness (QED) is 0.515. The van der Waals surface area contributed by atoms with Crippen molar-refractivity contribution in [3.05, 3.63) is 29.8 Å². The average molecular weight is 367 g/mol. The predicted octanol–water partition coefficient (Wildman–Crippen LogP) is -0.840. The second kappa shape index (κ2) is 9.38. The number of piperidine rings is 1. The van der Waals surface area contributed by atoms with E-state index in [1.807, 2.05) is 0 Å². The first-order valence-corrected chi connectivity index (χ1v) is 7.58. The van der Waals surface area contributed by atoms with Gasteiger partial charge in [-0.25, -0.2) is 0 Å². The molecule has 0 N–H and O–H groups in total. The van der Waals surface area contributed by atoms with Crippen molar-refractivity contribution in [2.45, 2.75) is 19.8 Å². The summed E-state index contributed by atoms with van der Waals surface area (Å²) in [6.07, 6.45) is 1.24. The van der Waals surface area contributed by atoms with Crippen molar-refractivity contribution in [1.82, 2.24) is 4.90 Å². The third kappa shape index (κ3) is 5.59. The number of carbonyl (C=O) groups excluding carboxylic acids is 2. The number of hydrogen-bond donors (Lipinski definition) is 0. The summed E-state index contributed by atoms with van der Waals surface area (Å²) in [6.45, 7) is -2.58. The van der Waals surface area contributed by atoms with E-state index in [0.29, 0.717) is 19.4 Å². The van der Waals surface area contributed by atoms with E-state index < -0.39 is 24.3 Å². The molecular formula is C15H18BF3KNO3. The van der Waals surface area contributed by atoms with E-state index in [1.54, 1.807) is 6.92 Å². The number of hydrogen-bond acceptors (Lipinski definition) is 3. The SMILES string of the molecule is CCOC(=O)C1CCCN(C(=O)c2cccc([B-](F)(F)F)c2)C1.[K+]. The van der Waals surface area contributed by atoms with E-state index in [4.69, 9.17) is 4.74 Å². The van der Waals surface area contributed by atoms with Crippen LogP contribution in [0.2, 0.25) is 0 Å². The number of carbonyl (C=O) groups is 2. The summed E-state index contributed by atoms with van der Waals surface area (Å²) in [6, 6.07) is 4.41. The fraction of sp³-hybridized carbons (Fsp3) is 0.467. The van der Waals surface area contributed by atoms with Crippen LogP contribution < -0.4 is 56.8 Å². The monoisotopic (exact) mass is 367 g/mol. The van der Waals surface area contributed by atoms with Crippen LogP contribution in [-0.2, 0) is 9.53 Å². The summed E-state index contributed by atoms with van der Waals surface area (Å²) >= 11 is 0. The Morgan fingerprint density at radius 3 is 2.67 bits per heavy atom. The van der Waals surface area contributed by atoms with Gasteiger partial charge in [-0.3, -0.25) is 9.59 Å². The van der Waals surface area contributed by atoms with Gasteiger partial charge in [-0.2, -0.15) is 0 Å². The smallest absolute Gasteiger partial charge is 0.466 e. The Morgan fingerprint density at radius 1 is 1.33 bits per heavy atom. The van der Waals surface area contributed by atoms with Gasteiger partial charge < -0.3 is 22.6 Å². The minimum atomic E-state index is -5.15. The zero-order valence-corrected chi connectivity index (χ0v) is 16.9. The van der Waals surface area contributed by atoms with E-state index in [-0.39, 0.29) is 76.1 Å². The van der Waals surface area contributed by atoms with Crippen LogP contribution in [0.5, 0.6) is 0 Å². The molecule has 0 aromatic heterocycles. The van der Waals surface area contributed by atoms with Crippen LogP contribution in [0.4, 0.5) is 12.9 Å². The van der Waals surface area contributed by atoms with Crippen molar-refractivity contribution in [1.29, 1.82) is 0 Å². The molecule has 1 aliphatic rings. The molecule has 1 heterocycles. The van der Waals surface area contributed by atoms with Crippen molar-refractivity contribution < 1.29 is 78.7 Å². The molecule has 1 amide bonds. The third-order valence-corrected chi connectivity index (χ3v) is 3.84. The Balaban J connectivity index is 0.00000288. The second-order valence-electron chi connectivity index (χ2n) is 5.54. The molecule has 1 unspecified atom stereocenters. The van der Waals surface area contributed by atoms with Crippen molar-refractivity contribution in [2.75, 3.05) is 19.7 Å². The van der Waals surface area contributed by atoms with Crippen molar-refractivity contribution in [3.8, 4) is 0 Å². The molecule has 9 heteroatoms. The molecule has 1 atom stereocenters. The van der Waals surface area contributed by atoms with Crippen LogP contribution in [-0.4, -0.2) is 43.5 Å². The molecule has 24 heavy (non-hydrogen) atoms. The average Bonchev–Trinajstić information content (AvgIpc) is 2.54. The second-order valence-corrected chi connectivity index (χ2v) is 5.54. The molecule has 1 fully saturated rings. The summed E-state index contributed by atoms with van der Waals surface area (Å²) in [5.41, 5.74) is -0.805. The summed E-state index contributed by atoms with van der Waals surface area (Å²) < 4.78 is 43.4. The van der Waals surface area contributed by atoms with Gasteiger partial charge in [0.1, 0.15) is 0 Å². The number of halogens is 3. The molecule has 1 aliphatic heterocycles. The fourth-order valence-electron chi connectivity index (χ4n) is 2.67. The molecule has 1 aromatic rings. The van der Waals surface area contributed by atoms with E-state index in [0.717, 1.165) is 12.1 Å². The van der Waals surface area contributed by atoms with Gasteiger partial charge in [0.25, 0.3) is 5.91 Å². The van der Waals surface area contributed by atoms with E-state index in [9.17, 15) is 22.5 Å². The molecule has 0 bridgehead atoms. The molecule has 1 aromatic carbocycles. The summed E-state index contributed by atoms with van der Waals surface area (Å²) in [5, 5.41) is 0. The first-order chi connectivity index (χ1) is 10.8. The van der Waals surface area contributed by atoms with Crippen LogP contribution in [0, 0.1) is 5.92 Å². The number of rotatable bonds is 4. The van der Waals surface area contributed by atoms with Crippen LogP contribution in [0.15, 0.2) is 24.3 Å². The van der Waals surface area contributed by atoms with Gasteiger partial charge in [0.15, 0.2) is 0 Å². The Bertz CT molecular complexity index is 598. The van der Waals surface area contributed by atoms with Crippen LogP contribution in [0.1, 0.15) is 30.1 Å². The Kier molecular flexibility index (Phi) is 8.48. The van der Waals surface area contributed by atoms with E-state index >= 15 is 0 Å². The van der Waals surface area contributed by atoms with E-state index in [2.05, 4.69) is 0 Å². The van der Waals surface area contributed by atoms with Gasteiger partial charge in [0, 0.05) is 18.7 Å². The standard InChI is InChI=1S/C15H18BF3NO3.K/c1-2-23-15(22)12-6-4-8-20(10-12)14(21)11-5-3-7-13(9-11)16(17,18)19;/h3,5,7,9,12H,2,4,6,8,10H2,1H3;/q-1;+1. The molecule has 126 valence electrons. The number of likely N-dealkylation sites (tertiary alicyclic amines) is 1. The van der Waals surface area contributed by atoms with Gasteiger partial charge in [-0.1, -0.05) is 18.2 Å². The van der Waals surface area contributed by atoms with Gasteiger partial charge in [-0.05, 0) is 25.8 Å². The molecule has 1 saturated heterocycles. The number of ether oxygens (including phenoxy) is 1. The molecule has 0 radical (unpaired) electrons. The Hall–Kier alpha value is -0.349. The maximum absolute atomic E-state index is 12.8. The van der Waals surface area contributed by atoms with Crippen molar-refractivity contribution >= 4 is 24.3 Å². The van der Waals surface area contributed by atoms with Crippen LogP contribution in [0.25, 0.3) is 0 Å². The van der Waals surface area contributed by atoms with Gasteiger partial charge in [0.2, 0.25) is 0 Å². The first kappa shape index (κ1) is 21.7. The molecule has 0 spiro atoms. The third-order valence-electron chi connectivity index (χ3n) is 3.84. The van der Waals surface area contributed by atoms with Crippen LogP contribution in [0.3, 0.4) is 0 Å². The molecule has 0 aliphatic carbocycles. The van der Waals surface area contributed by atoms with Crippen molar-refractivity contribution in [3.63, 3.8) is 0 Å². The largest absolute Gasteiger partial charge is 1.00 e.